The van der Waals surface area contributed by atoms with E-state index in [1.165, 1.54) is 48.8 Å². The van der Waals surface area contributed by atoms with Gasteiger partial charge in [-0.15, -0.1) is 0 Å². The van der Waals surface area contributed by atoms with Gasteiger partial charge in [-0.25, -0.2) is 0 Å². The van der Waals surface area contributed by atoms with Crippen LogP contribution in [-0.4, -0.2) is 13.7 Å². The van der Waals surface area contributed by atoms with Crippen molar-refractivity contribution in [1.29, 1.82) is 0 Å². The topological polar surface area (TPSA) is 35.2 Å². The minimum atomic E-state index is 0.676. The van der Waals surface area contributed by atoms with Gasteiger partial charge in [0.2, 0.25) is 0 Å². The Balaban J connectivity index is 2.19. The summed E-state index contributed by atoms with van der Waals surface area (Å²) in [4.78, 5) is 0. The van der Waals surface area contributed by atoms with Gasteiger partial charge in [0.1, 0.15) is 5.75 Å². The van der Waals surface area contributed by atoms with Crippen LogP contribution < -0.4 is 10.5 Å². The van der Waals surface area contributed by atoms with E-state index in [9.17, 15) is 0 Å². The third kappa shape index (κ3) is 3.60. The predicted molar refractivity (Wildman–Crippen MR) is 81.3 cm³/mol. The smallest absolute Gasteiger partial charge is 0.121 e. The molecule has 1 aliphatic carbocycles. The third-order valence-electron chi connectivity index (χ3n) is 4.14. The molecule has 2 rings (SSSR count). The lowest BCUT2D eigenvalue weighted by Crippen LogP contribution is -2.16. The summed E-state index contributed by atoms with van der Waals surface area (Å²) in [5.74, 6) is 1.64. The molecule has 19 heavy (non-hydrogen) atoms. The van der Waals surface area contributed by atoms with Crippen molar-refractivity contribution < 1.29 is 4.74 Å². The molecule has 0 unspecified atom stereocenters. The molecule has 2 N–H and O–H groups in total. The monoisotopic (exact) mass is 259 g/mol. The molecule has 1 saturated carbocycles. The highest BCUT2D eigenvalue weighted by molar-refractivity contribution is 5.56. The van der Waals surface area contributed by atoms with Crippen LogP contribution in [0.1, 0.15) is 43.2 Å². The summed E-state index contributed by atoms with van der Waals surface area (Å²) in [7, 11) is 1.71. The Morgan fingerprint density at radius 3 is 2.63 bits per heavy atom. The van der Waals surface area contributed by atoms with Crippen molar-refractivity contribution in [2.45, 2.75) is 39.0 Å². The predicted octanol–water partition coefficient (Wildman–Crippen LogP) is 3.93. The largest absolute Gasteiger partial charge is 0.496 e. The quantitative estimate of drug-likeness (QED) is 0.889. The molecule has 0 aromatic heterocycles. The van der Waals surface area contributed by atoms with Crippen LogP contribution in [0.5, 0.6) is 5.75 Å². The molecule has 1 aliphatic rings. The third-order valence-corrected chi connectivity index (χ3v) is 4.14. The minimum Gasteiger partial charge on any atom is -0.496 e. The lowest BCUT2D eigenvalue weighted by molar-refractivity contribution is 0.401. The number of ether oxygens (including phenoxy) is 1. The van der Waals surface area contributed by atoms with Gasteiger partial charge >= 0.3 is 0 Å². The highest BCUT2D eigenvalue weighted by atomic mass is 16.5. The molecule has 0 amide bonds. The van der Waals surface area contributed by atoms with Crippen LogP contribution in [0.15, 0.2) is 23.8 Å². The molecule has 0 aliphatic heterocycles. The number of methoxy groups -OCH3 is 1. The van der Waals surface area contributed by atoms with Crippen LogP contribution in [0.2, 0.25) is 0 Å². The Labute approximate surface area is 116 Å². The molecule has 2 heteroatoms. The van der Waals surface area contributed by atoms with E-state index >= 15 is 0 Å². The van der Waals surface area contributed by atoms with Crippen LogP contribution >= 0.6 is 0 Å². The first-order chi connectivity index (χ1) is 9.24. The fraction of sp³-hybridized carbons (Fsp3) is 0.529. The number of nitrogens with two attached hydrogens (primary N) is 1. The average Bonchev–Trinajstić information content (AvgIpc) is 2.46. The highest BCUT2D eigenvalue weighted by Crippen LogP contribution is 2.30. The summed E-state index contributed by atoms with van der Waals surface area (Å²) in [5, 5.41) is 0. The van der Waals surface area contributed by atoms with Crippen molar-refractivity contribution in [3.63, 3.8) is 0 Å². The van der Waals surface area contributed by atoms with Gasteiger partial charge in [0.05, 0.1) is 7.11 Å². The number of aryl methyl sites for hydroxylation is 1. The van der Waals surface area contributed by atoms with E-state index < -0.39 is 0 Å². The van der Waals surface area contributed by atoms with Crippen molar-refractivity contribution in [1.82, 2.24) is 0 Å². The lowest BCUT2D eigenvalue weighted by Gasteiger charge is -2.24. The minimum absolute atomic E-state index is 0.676. The lowest BCUT2D eigenvalue weighted by atomic mass is 9.83. The van der Waals surface area contributed by atoms with E-state index in [2.05, 4.69) is 25.1 Å². The second-order valence-electron chi connectivity index (χ2n) is 5.49. The number of hydrogen-bond acceptors (Lipinski definition) is 2. The van der Waals surface area contributed by atoms with Crippen LogP contribution in [0, 0.1) is 12.8 Å². The van der Waals surface area contributed by atoms with Gasteiger partial charge in [0.25, 0.3) is 0 Å². The molecular formula is C17H25NO. The Hall–Kier alpha value is -1.28. The Morgan fingerprint density at radius 2 is 2.05 bits per heavy atom. The summed E-state index contributed by atoms with van der Waals surface area (Å²) in [6.07, 6.45) is 8.97. The maximum absolute atomic E-state index is 5.95. The molecule has 2 nitrogen and oxygen atoms in total. The molecular weight excluding hydrogens is 234 g/mol. The van der Waals surface area contributed by atoms with Gasteiger partial charge in [-0.05, 0) is 48.9 Å². The van der Waals surface area contributed by atoms with Crippen molar-refractivity contribution in [2.24, 2.45) is 11.7 Å². The molecule has 1 aromatic carbocycles. The summed E-state index contributed by atoms with van der Waals surface area (Å²) < 4.78 is 5.30. The standard InChI is InChI=1S/C17H25NO/c1-13-10-14(8-9-17(13)19-2)11-16(12-18)15-6-4-3-5-7-15/h8-11,15H,3-7,12,18H2,1-2H3. The molecule has 0 bridgehead atoms. The number of benzene rings is 1. The van der Waals surface area contributed by atoms with Crippen LogP contribution in [0.3, 0.4) is 0 Å². The second-order valence-corrected chi connectivity index (χ2v) is 5.49. The maximum atomic E-state index is 5.95. The van der Waals surface area contributed by atoms with Gasteiger partial charge in [-0.2, -0.15) is 0 Å². The first-order valence-corrected chi connectivity index (χ1v) is 7.29. The van der Waals surface area contributed by atoms with E-state index in [4.69, 9.17) is 10.5 Å². The molecule has 1 fully saturated rings. The molecule has 0 spiro atoms. The summed E-state index contributed by atoms with van der Waals surface area (Å²) in [5.41, 5.74) is 9.78. The van der Waals surface area contributed by atoms with Crippen LogP contribution in [0.25, 0.3) is 6.08 Å². The van der Waals surface area contributed by atoms with Crippen molar-refractivity contribution in [3.8, 4) is 5.75 Å². The zero-order valence-corrected chi connectivity index (χ0v) is 12.1. The van der Waals surface area contributed by atoms with Crippen LogP contribution in [-0.2, 0) is 0 Å². The normalized spacial score (nSPS) is 17.5. The molecule has 1 aromatic rings. The van der Waals surface area contributed by atoms with Crippen molar-refractivity contribution in [2.75, 3.05) is 13.7 Å². The Bertz CT molecular complexity index is 445. The second kappa shape index (κ2) is 6.76. The molecule has 0 heterocycles. The number of rotatable bonds is 4. The molecule has 0 atom stereocenters. The summed E-state index contributed by atoms with van der Waals surface area (Å²) >= 11 is 0. The van der Waals surface area contributed by atoms with Crippen LogP contribution in [0.4, 0.5) is 0 Å². The highest BCUT2D eigenvalue weighted by Gasteiger charge is 2.16. The fourth-order valence-corrected chi connectivity index (χ4v) is 3.02. The van der Waals surface area contributed by atoms with E-state index in [1.807, 2.05) is 6.07 Å². The molecule has 0 saturated heterocycles. The summed E-state index contributed by atoms with van der Waals surface area (Å²) in [6, 6.07) is 6.33. The SMILES string of the molecule is COc1ccc(C=C(CN)C2CCCCC2)cc1C. The first-order valence-electron chi connectivity index (χ1n) is 7.29. The van der Waals surface area contributed by atoms with E-state index in [1.54, 1.807) is 7.11 Å². The Morgan fingerprint density at radius 1 is 1.32 bits per heavy atom. The van der Waals surface area contributed by atoms with Gasteiger partial charge < -0.3 is 10.5 Å². The summed E-state index contributed by atoms with van der Waals surface area (Å²) in [6.45, 7) is 2.76. The van der Waals surface area contributed by atoms with E-state index in [0.717, 1.165) is 5.75 Å². The van der Waals surface area contributed by atoms with Gasteiger partial charge in [0.15, 0.2) is 0 Å². The van der Waals surface area contributed by atoms with Crippen molar-refractivity contribution >= 4 is 6.08 Å². The maximum Gasteiger partial charge on any atom is 0.121 e. The first kappa shape index (κ1) is 14.1. The van der Waals surface area contributed by atoms with Gasteiger partial charge in [-0.1, -0.05) is 37.0 Å². The zero-order chi connectivity index (χ0) is 13.7. The van der Waals surface area contributed by atoms with Crippen molar-refractivity contribution in [3.05, 3.63) is 34.9 Å². The van der Waals surface area contributed by atoms with E-state index in [0.29, 0.717) is 12.5 Å². The Kier molecular flexibility index (Phi) is 5.03. The van der Waals surface area contributed by atoms with E-state index in [-0.39, 0.29) is 0 Å². The van der Waals surface area contributed by atoms with Gasteiger partial charge in [0, 0.05) is 6.54 Å². The zero-order valence-electron chi connectivity index (χ0n) is 12.1. The van der Waals surface area contributed by atoms with Gasteiger partial charge in [-0.3, -0.25) is 0 Å². The average molecular weight is 259 g/mol. The fourth-order valence-electron chi connectivity index (χ4n) is 3.02. The molecule has 104 valence electrons. The number of hydrogen-bond donors (Lipinski definition) is 1. The molecule has 0 radical (unpaired) electrons.